The van der Waals surface area contributed by atoms with Crippen molar-refractivity contribution in [2.24, 2.45) is 0 Å². The molecule has 1 aliphatic rings. The summed E-state index contributed by atoms with van der Waals surface area (Å²) in [5, 5.41) is 5.57. The smallest absolute Gasteiger partial charge is 0.255 e. The van der Waals surface area contributed by atoms with Crippen molar-refractivity contribution in [2.75, 3.05) is 31.0 Å². The van der Waals surface area contributed by atoms with Crippen molar-refractivity contribution >= 4 is 35.0 Å². The number of hydrogen-bond donors (Lipinski definition) is 2. The molecule has 0 spiro atoms. The highest BCUT2D eigenvalue weighted by Crippen LogP contribution is 2.33. The van der Waals surface area contributed by atoms with Gasteiger partial charge in [-0.05, 0) is 61.0 Å². The van der Waals surface area contributed by atoms with E-state index in [0.29, 0.717) is 53.8 Å². The molecule has 0 fully saturated rings. The van der Waals surface area contributed by atoms with Crippen molar-refractivity contribution in [2.45, 2.75) is 23.5 Å². The fraction of sp³-hybridized carbons (Fsp3) is 0.231. The third-order valence-electron chi connectivity index (χ3n) is 5.20. The molecular formula is C26H26N2O5S. The summed E-state index contributed by atoms with van der Waals surface area (Å²) in [5.41, 5.74) is 1.85. The highest BCUT2D eigenvalue weighted by molar-refractivity contribution is 8.00. The molecule has 176 valence electrons. The number of thioether (sulfide) groups is 1. The van der Waals surface area contributed by atoms with Crippen LogP contribution in [0.5, 0.6) is 17.2 Å². The summed E-state index contributed by atoms with van der Waals surface area (Å²) in [7, 11) is 1.58. The molecule has 34 heavy (non-hydrogen) atoms. The Balaban J connectivity index is 1.39. The maximum absolute atomic E-state index is 12.9. The van der Waals surface area contributed by atoms with Gasteiger partial charge < -0.3 is 24.8 Å². The lowest BCUT2D eigenvalue weighted by Gasteiger charge is -2.20. The molecule has 3 aromatic carbocycles. The van der Waals surface area contributed by atoms with Gasteiger partial charge in [0.05, 0.1) is 12.4 Å². The molecule has 1 heterocycles. The number of carbonyl (C=O) groups excluding carboxylic acids is 2. The van der Waals surface area contributed by atoms with Gasteiger partial charge in [-0.15, -0.1) is 11.8 Å². The van der Waals surface area contributed by atoms with Crippen LogP contribution >= 0.6 is 11.8 Å². The van der Waals surface area contributed by atoms with Crippen LogP contribution in [0, 0.1) is 0 Å². The molecule has 0 saturated heterocycles. The molecule has 0 radical (unpaired) electrons. The van der Waals surface area contributed by atoms with E-state index in [1.807, 2.05) is 31.2 Å². The zero-order valence-electron chi connectivity index (χ0n) is 19.0. The van der Waals surface area contributed by atoms with Gasteiger partial charge in [0, 0.05) is 27.9 Å². The molecule has 0 bridgehead atoms. The Bertz CT molecular complexity index is 1170. The number of carbonyl (C=O) groups is 2. The van der Waals surface area contributed by atoms with E-state index in [2.05, 4.69) is 10.6 Å². The van der Waals surface area contributed by atoms with E-state index in [1.54, 1.807) is 49.6 Å². The van der Waals surface area contributed by atoms with Crippen LogP contribution in [0.2, 0.25) is 0 Å². The van der Waals surface area contributed by atoms with Crippen LogP contribution in [0.25, 0.3) is 0 Å². The van der Waals surface area contributed by atoms with E-state index in [9.17, 15) is 9.59 Å². The van der Waals surface area contributed by atoms with E-state index in [-0.39, 0.29) is 17.1 Å². The van der Waals surface area contributed by atoms with Crippen LogP contribution in [0.1, 0.15) is 23.7 Å². The summed E-state index contributed by atoms with van der Waals surface area (Å²) in [6.45, 7) is 2.98. The lowest BCUT2D eigenvalue weighted by Crippen LogP contribution is -2.24. The molecule has 0 saturated carbocycles. The van der Waals surface area contributed by atoms with Crippen LogP contribution in [-0.2, 0) is 4.79 Å². The topological polar surface area (TPSA) is 85.9 Å². The average molecular weight is 479 g/mol. The zero-order valence-corrected chi connectivity index (χ0v) is 19.8. The molecule has 1 aliphatic heterocycles. The highest BCUT2D eigenvalue weighted by Gasteiger charge is 2.20. The summed E-state index contributed by atoms with van der Waals surface area (Å²) in [6, 6.07) is 19.8. The first kappa shape index (κ1) is 23.5. The number of benzene rings is 3. The summed E-state index contributed by atoms with van der Waals surface area (Å²) in [5.74, 6) is 1.68. The van der Waals surface area contributed by atoms with Gasteiger partial charge in [-0.25, -0.2) is 0 Å². The molecule has 0 aliphatic carbocycles. The van der Waals surface area contributed by atoms with Crippen molar-refractivity contribution in [1.29, 1.82) is 0 Å². The van der Waals surface area contributed by atoms with Crippen LogP contribution < -0.4 is 24.8 Å². The van der Waals surface area contributed by atoms with Crippen LogP contribution in [-0.4, -0.2) is 37.4 Å². The van der Waals surface area contributed by atoms with Gasteiger partial charge in [-0.1, -0.05) is 13.0 Å². The molecule has 1 unspecified atom stereocenters. The first-order valence-electron chi connectivity index (χ1n) is 11.0. The minimum atomic E-state index is -0.305. The van der Waals surface area contributed by atoms with Crippen LogP contribution in [0.4, 0.5) is 11.4 Å². The van der Waals surface area contributed by atoms with Crippen molar-refractivity contribution in [3.05, 3.63) is 72.3 Å². The lowest BCUT2D eigenvalue weighted by molar-refractivity contribution is -0.115. The minimum absolute atomic E-state index is 0.100. The Morgan fingerprint density at radius 2 is 1.68 bits per heavy atom. The van der Waals surface area contributed by atoms with Crippen LogP contribution in [0.15, 0.2) is 71.6 Å². The predicted octanol–water partition coefficient (Wildman–Crippen LogP) is 5.23. The van der Waals surface area contributed by atoms with E-state index < -0.39 is 0 Å². The molecule has 8 heteroatoms. The number of ether oxygens (including phenoxy) is 3. The second-order valence-electron chi connectivity index (χ2n) is 7.57. The maximum atomic E-state index is 12.9. The highest BCUT2D eigenvalue weighted by atomic mass is 32.2. The Labute approximate surface area is 202 Å². The number of hydrogen-bond acceptors (Lipinski definition) is 6. The first-order chi connectivity index (χ1) is 16.6. The summed E-state index contributed by atoms with van der Waals surface area (Å²) >= 11 is 1.45. The monoisotopic (exact) mass is 478 g/mol. The Kier molecular flexibility index (Phi) is 7.59. The predicted molar refractivity (Wildman–Crippen MR) is 133 cm³/mol. The van der Waals surface area contributed by atoms with Gasteiger partial charge in [0.1, 0.15) is 19.0 Å². The standard InChI is InChI=1S/C26H26N2O5S/c1-3-24(26(30)28-19-9-12-22-23(16-19)33-14-13-32-22)34-21-6-4-5-18(15-21)27-25(29)17-7-10-20(31-2)11-8-17/h4-12,15-16,24H,3,13-14H2,1-2H3,(H,27,29)(H,28,30). The third-order valence-corrected chi connectivity index (χ3v) is 6.55. The molecule has 4 rings (SSSR count). The van der Waals surface area contributed by atoms with Gasteiger partial charge >= 0.3 is 0 Å². The fourth-order valence-electron chi connectivity index (χ4n) is 3.42. The fourth-order valence-corrected chi connectivity index (χ4v) is 4.44. The number of amides is 2. The Morgan fingerprint density at radius 1 is 0.941 bits per heavy atom. The third kappa shape index (κ3) is 5.82. The van der Waals surface area contributed by atoms with E-state index in [4.69, 9.17) is 14.2 Å². The van der Waals surface area contributed by atoms with E-state index in [1.165, 1.54) is 11.8 Å². The molecule has 2 amide bonds. The minimum Gasteiger partial charge on any atom is -0.497 e. The van der Waals surface area contributed by atoms with Crippen LogP contribution in [0.3, 0.4) is 0 Å². The van der Waals surface area contributed by atoms with Crippen molar-refractivity contribution in [3.8, 4) is 17.2 Å². The van der Waals surface area contributed by atoms with E-state index >= 15 is 0 Å². The number of rotatable bonds is 8. The Morgan fingerprint density at radius 3 is 2.41 bits per heavy atom. The molecule has 7 nitrogen and oxygen atoms in total. The summed E-state index contributed by atoms with van der Waals surface area (Å²) < 4.78 is 16.3. The number of methoxy groups -OCH3 is 1. The Hall–Kier alpha value is -3.65. The first-order valence-corrected chi connectivity index (χ1v) is 11.9. The van der Waals surface area contributed by atoms with Gasteiger partial charge in [0.25, 0.3) is 5.91 Å². The summed E-state index contributed by atoms with van der Waals surface area (Å²) in [4.78, 5) is 26.4. The van der Waals surface area contributed by atoms with Crippen molar-refractivity contribution < 1.29 is 23.8 Å². The van der Waals surface area contributed by atoms with Gasteiger partial charge in [-0.2, -0.15) is 0 Å². The maximum Gasteiger partial charge on any atom is 0.255 e. The normalized spacial score (nSPS) is 13.0. The SMILES string of the molecule is CCC(Sc1cccc(NC(=O)c2ccc(OC)cc2)c1)C(=O)Nc1ccc2c(c1)OCCO2. The second kappa shape index (κ2) is 11.0. The molecule has 0 aromatic heterocycles. The van der Waals surface area contributed by atoms with Gasteiger partial charge in [-0.3, -0.25) is 9.59 Å². The molecular weight excluding hydrogens is 452 g/mol. The number of nitrogens with one attached hydrogen (secondary N) is 2. The average Bonchev–Trinajstić information content (AvgIpc) is 2.87. The molecule has 3 aromatic rings. The molecule has 2 N–H and O–H groups in total. The van der Waals surface area contributed by atoms with E-state index in [0.717, 1.165) is 4.90 Å². The molecule has 1 atom stereocenters. The van der Waals surface area contributed by atoms with Gasteiger partial charge in [0.15, 0.2) is 11.5 Å². The lowest BCUT2D eigenvalue weighted by atomic mass is 10.2. The number of anilines is 2. The number of fused-ring (bicyclic) bond motifs is 1. The largest absolute Gasteiger partial charge is 0.497 e. The van der Waals surface area contributed by atoms with Crippen molar-refractivity contribution in [3.63, 3.8) is 0 Å². The van der Waals surface area contributed by atoms with Gasteiger partial charge in [0.2, 0.25) is 5.91 Å². The second-order valence-corrected chi connectivity index (χ2v) is 8.85. The van der Waals surface area contributed by atoms with Crippen molar-refractivity contribution in [1.82, 2.24) is 0 Å². The zero-order chi connectivity index (χ0) is 23.9. The quantitative estimate of drug-likeness (QED) is 0.431. The summed E-state index contributed by atoms with van der Waals surface area (Å²) in [6.07, 6.45) is 0.642.